The molecule has 0 saturated heterocycles. The second-order valence-electron chi connectivity index (χ2n) is 2.79. The van der Waals surface area contributed by atoms with Gasteiger partial charge < -0.3 is 0 Å². The molecule has 4 nitrogen and oxygen atoms in total. The largest absolute Gasteiger partial charge is 0.298 e. The predicted octanol–water partition coefficient (Wildman–Crippen LogP) is 2.11. The third-order valence-electron chi connectivity index (χ3n) is 1.78. The minimum Gasteiger partial charge on any atom is -0.298 e. The number of aldehydes is 1. The fourth-order valence-electron chi connectivity index (χ4n) is 1.07. The molecule has 0 fully saturated rings. The lowest BCUT2D eigenvalue weighted by molar-refractivity contribution is 0.112. The second-order valence-corrected chi connectivity index (χ2v) is 3.65. The predicted molar refractivity (Wildman–Crippen MR) is 58.4 cm³/mol. The number of nitrogens with zero attached hydrogens (tertiary/aromatic N) is 3. The van der Waals surface area contributed by atoms with Gasteiger partial charge in [-0.25, -0.2) is 9.97 Å². The van der Waals surface area contributed by atoms with Crippen molar-refractivity contribution in [3.8, 4) is 11.5 Å². The summed E-state index contributed by atoms with van der Waals surface area (Å²) in [5, 5.41) is 0. The van der Waals surface area contributed by atoms with E-state index in [2.05, 4.69) is 30.9 Å². The molecule has 5 heteroatoms. The van der Waals surface area contributed by atoms with Gasteiger partial charge in [-0.2, -0.15) is 0 Å². The third-order valence-corrected chi connectivity index (χ3v) is 2.42. The van der Waals surface area contributed by atoms with Crippen LogP contribution in [0, 0.1) is 0 Å². The topological polar surface area (TPSA) is 55.7 Å². The summed E-state index contributed by atoms with van der Waals surface area (Å²) in [6.07, 6.45) is 5.31. The lowest BCUT2D eigenvalue weighted by Gasteiger charge is -2.00. The van der Waals surface area contributed by atoms with Crippen LogP contribution in [-0.2, 0) is 0 Å². The minimum atomic E-state index is 0.450. The van der Waals surface area contributed by atoms with Crippen molar-refractivity contribution in [1.82, 2.24) is 15.0 Å². The van der Waals surface area contributed by atoms with E-state index in [1.807, 2.05) is 12.1 Å². The molecule has 0 bridgehead atoms. The monoisotopic (exact) mass is 263 g/mol. The van der Waals surface area contributed by atoms with Crippen molar-refractivity contribution in [2.45, 2.75) is 0 Å². The van der Waals surface area contributed by atoms with Gasteiger partial charge in [-0.3, -0.25) is 9.78 Å². The van der Waals surface area contributed by atoms with E-state index in [0.29, 0.717) is 23.4 Å². The first-order chi connectivity index (χ1) is 7.31. The lowest BCUT2D eigenvalue weighted by Crippen LogP contribution is -1.93. The molecule has 0 aliphatic carbocycles. The van der Waals surface area contributed by atoms with Gasteiger partial charge in [0.15, 0.2) is 12.1 Å². The Labute approximate surface area is 94.5 Å². The summed E-state index contributed by atoms with van der Waals surface area (Å²) >= 11 is 3.36. The summed E-state index contributed by atoms with van der Waals surface area (Å²) in [6.45, 7) is 0. The Morgan fingerprint density at radius 2 is 1.93 bits per heavy atom. The van der Waals surface area contributed by atoms with Gasteiger partial charge in [0.05, 0.1) is 5.56 Å². The number of carbonyl (C=O) groups is 1. The molecule has 0 atom stereocenters. The van der Waals surface area contributed by atoms with Crippen molar-refractivity contribution in [3.63, 3.8) is 0 Å². The molecular weight excluding hydrogens is 258 g/mol. The maximum Gasteiger partial charge on any atom is 0.179 e. The number of hydrogen-bond acceptors (Lipinski definition) is 4. The van der Waals surface area contributed by atoms with E-state index in [0.717, 1.165) is 4.47 Å². The van der Waals surface area contributed by atoms with E-state index >= 15 is 0 Å². The van der Waals surface area contributed by atoms with E-state index in [1.165, 1.54) is 12.4 Å². The third kappa shape index (κ3) is 2.07. The van der Waals surface area contributed by atoms with Crippen LogP contribution < -0.4 is 0 Å². The molecule has 0 radical (unpaired) electrons. The van der Waals surface area contributed by atoms with Crippen molar-refractivity contribution in [1.29, 1.82) is 0 Å². The summed E-state index contributed by atoms with van der Waals surface area (Å²) < 4.78 is 0.823. The average Bonchev–Trinajstić information content (AvgIpc) is 2.30. The highest BCUT2D eigenvalue weighted by Crippen LogP contribution is 2.21. The van der Waals surface area contributed by atoms with Crippen molar-refractivity contribution >= 4 is 22.2 Å². The van der Waals surface area contributed by atoms with Crippen molar-refractivity contribution in [2.24, 2.45) is 0 Å². The highest BCUT2D eigenvalue weighted by atomic mass is 79.9. The Kier molecular flexibility index (Phi) is 2.82. The van der Waals surface area contributed by atoms with Crippen molar-refractivity contribution in [3.05, 3.63) is 40.8 Å². The van der Waals surface area contributed by atoms with E-state index in [1.54, 1.807) is 6.20 Å². The van der Waals surface area contributed by atoms with Crippen LogP contribution in [0.3, 0.4) is 0 Å². The van der Waals surface area contributed by atoms with Gasteiger partial charge in [0, 0.05) is 23.1 Å². The van der Waals surface area contributed by atoms with Crippen LogP contribution in [0.25, 0.3) is 11.5 Å². The SMILES string of the molecule is O=Cc1cnc(-c2ncccc2Br)nc1. The van der Waals surface area contributed by atoms with Gasteiger partial charge in [-0.15, -0.1) is 0 Å². The summed E-state index contributed by atoms with van der Waals surface area (Å²) in [5.41, 5.74) is 1.11. The number of aromatic nitrogens is 3. The molecular formula is C10H6BrN3O. The molecule has 0 aliphatic rings. The highest BCUT2D eigenvalue weighted by molar-refractivity contribution is 9.10. The highest BCUT2D eigenvalue weighted by Gasteiger charge is 2.06. The lowest BCUT2D eigenvalue weighted by atomic mass is 10.3. The molecule has 2 aromatic rings. The molecule has 74 valence electrons. The molecule has 0 amide bonds. The molecule has 0 saturated carbocycles. The minimum absolute atomic E-state index is 0.450. The zero-order valence-corrected chi connectivity index (χ0v) is 9.18. The molecule has 0 spiro atoms. The molecule has 0 aromatic carbocycles. The molecule has 0 unspecified atom stereocenters. The number of carbonyl (C=O) groups excluding carboxylic acids is 1. The standard InChI is InChI=1S/C10H6BrN3O/c11-8-2-1-3-12-9(8)10-13-4-7(6-15)5-14-10/h1-6H. The zero-order chi connectivity index (χ0) is 10.7. The Morgan fingerprint density at radius 1 is 1.20 bits per heavy atom. The quantitative estimate of drug-likeness (QED) is 0.779. The van der Waals surface area contributed by atoms with Crippen LogP contribution in [0.1, 0.15) is 10.4 Å². The number of halogens is 1. The number of rotatable bonds is 2. The Bertz CT molecular complexity index is 484. The molecule has 15 heavy (non-hydrogen) atoms. The maximum atomic E-state index is 10.4. The summed E-state index contributed by atoms with van der Waals surface area (Å²) in [6, 6.07) is 3.67. The van der Waals surface area contributed by atoms with Crippen LogP contribution in [0.5, 0.6) is 0 Å². The fourth-order valence-corrected chi connectivity index (χ4v) is 1.50. The molecule has 2 aromatic heterocycles. The first-order valence-corrected chi connectivity index (χ1v) is 4.98. The van der Waals surface area contributed by atoms with Gasteiger partial charge in [-0.1, -0.05) is 0 Å². The van der Waals surface area contributed by atoms with Crippen LogP contribution in [0.2, 0.25) is 0 Å². The molecule has 2 heterocycles. The summed E-state index contributed by atoms with van der Waals surface area (Å²) in [7, 11) is 0. The second kappa shape index (κ2) is 4.27. The van der Waals surface area contributed by atoms with Crippen LogP contribution in [0.4, 0.5) is 0 Å². The van der Waals surface area contributed by atoms with E-state index in [-0.39, 0.29) is 0 Å². The van der Waals surface area contributed by atoms with E-state index in [9.17, 15) is 4.79 Å². The number of hydrogen-bond donors (Lipinski definition) is 0. The van der Waals surface area contributed by atoms with Crippen LogP contribution >= 0.6 is 15.9 Å². The average molecular weight is 264 g/mol. The van der Waals surface area contributed by atoms with Gasteiger partial charge in [0.25, 0.3) is 0 Å². The first kappa shape index (κ1) is 9.92. The normalized spacial score (nSPS) is 9.93. The van der Waals surface area contributed by atoms with Gasteiger partial charge >= 0.3 is 0 Å². The molecule has 0 aliphatic heterocycles. The fraction of sp³-hybridized carbons (Fsp3) is 0. The van der Waals surface area contributed by atoms with Crippen molar-refractivity contribution in [2.75, 3.05) is 0 Å². The Hall–Kier alpha value is -1.62. The van der Waals surface area contributed by atoms with Crippen LogP contribution in [-0.4, -0.2) is 21.2 Å². The maximum absolute atomic E-state index is 10.4. The molecule has 0 N–H and O–H groups in total. The van der Waals surface area contributed by atoms with E-state index in [4.69, 9.17) is 0 Å². The Balaban J connectivity index is 2.46. The van der Waals surface area contributed by atoms with Crippen molar-refractivity contribution < 1.29 is 4.79 Å². The summed E-state index contributed by atoms with van der Waals surface area (Å²) in [5.74, 6) is 0.494. The first-order valence-electron chi connectivity index (χ1n) is 4.19. The molecule has 2 rings (SSSR count). The number of pyridine rings is 1. The van der Waals surface area contributed by atoms with Gasteiger partial charge in [0.1, 0.15) is 5.69 Å². The van der Waals surface area contributed by atoms with Gasteiger partial charge in [-0.05, 0) is 28.1 Å². The Morgan fingerprint density at radius 3 is 2.53 bits per heavy atom. The van der Waals surface area contributed by atoms with E-state index < -0.39 is 0 Å². The van der Waals surface area contributed by atoms with Crippen LogP contribution in [0.15, 0.2) is 35.2 Å². The smallest absolute Gasteiger partial charge is 0.179 e. The zero-order valence-electron chi connectivity index (χ0n) is 7.59. The van der Waals surface area contributed by atoms with Gasteiger partial charge in [0.2, 0.25) is 0 Å². The summed E-state index contributed by atoms with van der Waals surface area (Å²) in [4.78, 5) is 22.7.